The van der Waals surface area contributed by atoms with E-state index < -0.39 is 23.6 Å². The Morgan fingerprint density at radius 3 is 2.33 bits per heavy atom. The van der Waals surface area contributed by atoms with Crippen LogP contribution in [0.1, 0.15) is 30.0 Å². The van der Waals surface area contributed by atoms with E-state index in [1.165, 1.54) is 0 Å². The van der Waals surface area contributed by atoms with Crippen LogP contribution >= 0.6 is 15.9 Å². The highest BCUT2D eigenvalue weighted by Crippen LogP contribution is 2.28. The first kappa shape index (κ1) is 16.0. The molecule has 1 unspecified atom stereocenters. The van der Waals surface area contributed by atoms with Gasteiger partial charge in [-0.2, -0.15) is 5.10 Å². The summed E-state index contributed by atoms with van der Waals surface area (Å²) in [4.78, 5) is 0. The van der Waals surface area contributed by atoms with Gasteiger partial charge in [0.1, 0.15) is 0 Å². The van der Waals surface area contributed by atoms with E-state index >= 15 is 0 Å². The van der Waals surface area contributed by atoms with Crippen molar-refractivity contribution in [1.29, 1.82) is 0 Å². The molecule has 2 aromatic rings. The summed E-state index contributed by atoms with van der Waals surface area (Å²) < 4.78 is 41.7. The molecule has 1 aromatic carbocycles. The van der Waals surface area contributed by atoms with E-state index in [4.69, 9.17) is 0 Å². The van der Waals surface area contributed by atoms with E-state index in [2.05, 4.69) is 21.0 Å². The molecular weight excluding hydrogens is 349 g/mol. The van der Waals surface area contributed by atoms with Gasteiger partial charge in [-0.15, -0.1) is 0 Å². The number of rotatable bonds is 4. The highest BCUT2D eigenvalue weighted by molar-refractivity contribution is 9.10. The molecule has 0 aliphatic rings. The lowest BCUT2D eigenvalue weighted by Crippen LogP contribution is -2.08. The molecule has 0 spiro atoms. The van der Waals surface area contributed by atoms with Crippen molar-refractivity contribution >= 4 is 15.9 Å². The van der Waals surface area contributed by atoms with Crippen molar-refractivity contribution in [1.82, 2.24) is 9.78 Å². The van der Waals surface area contributed by atoms with E-state index in [0.29, 0.717) is 12.1 Å². The molecule has 0 saturated heterocycles. The average Bonchev–Trinajstić information content (AvgIpc) is 2.71. The molecule has 1 N–H and O–H groups in total. The fraction of sp³-hybridized carbons (Fsp3) is 0.357. The smallest absolute Gasteiger partial charge is 0.194 e. The largest absolute Gasteiger partial charge is 0.388 e. The summed E-state index contributed by atoms with van der Waals surface area (Å²) >= 11 is 3.40. The van der Waals surface area contributed by atoms with E-state index in [-0.39, 0.29) is 12.0 Å². The second-order valence-electron chi connectivity index (χ2n) is 4.70. The van der Waals surface area contributed by atoms with Crippen molar-refractivity contribution in [2.45, 2.75) is 25.9 Å². The van der Waals surface area contributed by atoms with Gasteiger partial charge in [0.25, 0.3) is 0 Å². The lowest BCUT2D eigenvalue weighted by molar-refractivity contribution is 0.174. The summed E-state index contributed by atoms with van der Waals surface area (Å²) in [5.41, 5.74) is 1.51. The molecule has 2 rings (SSSR count). The predicted octanol–water partition coefficient (Wildman–Crippen LogP) is 3.44. The highest BCUT2D eigenvalue weighted by Gasteiger charge is 2.20. The second kappa shape index (κ2) is 6.19. The van der Waals surface area contributed by atoms with E-state index in [0.717, 1.165) is 22.3 Å². The Balaban J connectivity index is 2.30. The molecule has 3 nitrogen and oxygen atoms in total. The Morgan fingerprint density at radius 2 is 1.86 bits per heavy atom. The summed E-state index contributed by atoms with van der Waals surface area (Å²) in [6.45, 7) is 1.94. The molecular formula is C14H14BrF3N2O. The van der Waals surface area contributed by atoms with E-state index in [1.54, 1.807) is 11.7 Å². The van der Waals surface area contributed by atoms with Crippen molar-refractivity contribution in [3.05, 3.63) is 51.0 Å². The average molecular weight is 363 g/mol. The SMILES string of the molecule is CCc1nn(C)c(CC(O)c2cc(F)c(F)c(F)c2)c1Br. The van der Waals surface area contributed by atoms with Crippen LogP contribution in [0.2, 0.25) is 0 Å². The number of hydrogen-bond donors (Lipinski definition) is 1. The first-order valence-corrected chi connectivity index (χ1v) is 7.17. The molecule has 0 aliphatic carbocycles. The quantitative estimate of drug-likeness (QED) is 0.846. The number of nitrogens with zero attached hydrogens (tertiary/aromatic N) is 2. The third kappa shape index (κ3) is 3.13. The van der Waals surface area contributed by atoms with Gasteiger partial charge in [-0.25, -0.2) is 13.2 Å². The van der Waals surface area contributed by atoms with Gasteiger partial charge in [-0.1, -0.05) is 6.92 Å². The number of halogens is 4. The zero-order chi connectivity index (χ0) is 15.7. The van der Waals surface area contributed by atoms with Crippen LogP contribution in [0.25, 0.3) is 0 Å². The van der Waals surface area contributed by atoms with Crippen LogP contribution in [0.3, 0.4) is 0 Å². The summed E-state index contributed by atoms with van der Waals surface area (Å²) in [6.07, 6.45) is -0.343. The molecule has 0 fully saturated rings. The topological polar surface area (TPSA) is 38.0 Å². The van der Waals surface area contributed by atoms with Gasteiger partial charge in [0, 0.05) is 13.5 Å². The van der Waals surface area contributed by atoms with Crippen LogP contribution in [0.4, 0.5) is 13.2 Å². The van der Waals surface area contributed by atoms with Gasteiger partial charge in [0.2, 0.25) is 0 Å². The molecule has 0 saturated carbocycles. The minimum Gasteiger partial charge on any atom is -0.388 e. The molecule has 0 amide bonds. The Kier molecular flexibility index (Phi) is 4.73. The number of benzene rings is 1. The third-order valence-electron chi connectivity index (χ3n) is 3.28. The first-order chi connectivity index (χ1) is 9.85. The van der Waals surface area contributed by atoms with E-state index in [1.807, 2.05) is 6.92 Å². The maximum absolute atomic E-state index is 13.2. The molecule has 1 heterocycles. The van der Waals surface area contributed by atoms with Crippen molar-refractivity contribution < 1.29 is 18.3 Å². The van der Waals surface area contributed by atoms with Crippen molar-refractivity contribution in [2.24, 2.45) is 7.05 Å². The van der Waals surface area contributed by atoms with Gasteiger partial charge in [0.05, 0.1) is 22.0 Å². The van der Waals surface area contributed by atoms with Crippen LogP contribution in [-0.4, -0.2) is 14.9 Å². The van der Waals surface area contributed by atoms with Gasteiger partial charge in [-0.3, -0.25) is 4.68 Å². The summed E-state index contributed by atoms with van der Waals surface area (Å²) in [6, 6.07) is 1.60. The minimum absolute atomic E-state index is 0.0162. The van der Waals surface area contributed by atoms with Crippen LogP contribution in [0, 0.1) is 17.5 Å². The predicted molar refractivity (Wildman–Crippen MR) is 75.3 cm³/mol. The van der Waals surface area contributed by atoms with Gasteiger partial charge in [-0.05, 0) is 40.0 Å². The zero-order valence-electron chi connectivity index (χ0n) is 11.5. The van der Waals surface area contributed by atoms with Crippen molar-refractivity contribution in [3.8, 4) is 0 Å². The molecule has 7 heteroatoms. The summed E-state index contributed by atoms with van der Waals surface area (Å²) in [7, 11) is 1.72. The van der Waals surface area contributed by atoms with Gasteiger partial charge < -0.3 is 5.11 Å². The van der Waals surface area contributed by atoms with Crippen LogP contribution < -0.4 is 0 Å². The number of aryl methyl sites for hydroxylation is 2. The number of aliphatic hydroxyl groups is 1. The van der Waals surface area contributed by atoms with Gasteiger partial charge >= 0.3 is 0 Å². The standard InChI is InChI=1S/C14H14BrF3N2O/c1-3-10-13(15)11(20(2)19-10)6-12(21)7-4-8(16)14(18)9(17)5-7/h4-5,12,21H,3,6H2,1-2H3. The van der Waals surface area contributed by atoms with Crippen LogP contribution in [-0.2, 0) is 19.9 Å². The van der Waals surface area contributed by atoms with E-state index in [9.17, 15) is 18.3 Å². The maximum atomic E-state index is 13.2. The molecule has 0 aliphatic heterocycles. The molecule has 21 heavy (non-hydrogen) atoms. The van der Waals surface area contributed by atoms with Gasteiger partial charge in [0.15, 0.2) is 17.5 Å². The lowest BCUT2D eigenvalue weighted by Gasteiger charge is -2.12. The third-order valence-corrected chi connectivity index (χ3v) is 4.20. The fourth-order valence-corrected chi connectivity index (χ4v) is 2.89. The summed E-state index contributed by atoms with van der Waals surface area (Å²) in [5.74, 6) is -4.18. The normalized spacial score (nSPS) is 12.7. The number of aliphatic hydroxyl groups excluding tert-OH is 1. The highest BCUT2D eigenvalue weighted by atomic mass is 79.9. The zero-order valence-corrected chi connectivity index (χ0v) is 13.1. The summed E-state index contributed by atoms with van der Waals surface area (Å²) in [5, 5.41) is 14.4. The Bertz CT molecular complexity index is 649. The van der Waals surface area contributed by atoms with Crippen molar-refractivity contribution in [2.75, 3.05) is 0 Å². The Labute approximate surface area is 128 Å². The monoisotopic (exact) mass is 362 g/mol. The fourth-order valence-electron chi connectivity index (χ4n) is 2.11. The number of hydrogen-bond acceptors (Lipinski definition) is 2. The molecule has 1 atom stereocenters. The Hall–Kier alpha value is -1.34. The van der Waals surface area contributed by atoms with Crippen LogP contribution in [0.15, 0.2) is 16.6 Å². The maximum Gasteiger partial charge on any atom is 0.194 e. The molecule has 0 radical (unpaired) electrons. The number of aromatic nitrogens is 2. The minimum atomic E-state index is -1.54. The first-order valence-electron chi connectivity index (χ1n) is 6.37. The van der Waals surface area contributed by atoms with Crippen LogP contribution in [0.5, 0.6) is 0 Å². The lowest BCUT2D eigenvalue weighted by atomic mass is 10.0. The molecule has 114 valence electrons. The second-order valence-corrected chi connectivity index (χ2v) is 5.50. The molecule has 1 aromatic heterocycles. The Morgan fingerprint density at radius 1 is 1.29 bits per heavy atom. The molecule has 0 bridgehead atoms. The van der Waals surface area contributed by atoms with Crippen molar-refractivity contribution in [3.63, 3.8) is 0 Å².